The Morgan fingerprint density at radius 3 is 2.74 bits per heavy atom. The van der Waals surface area contributed by atoms with Crippen LogP contribution < -0.4 is 10.1 Å². The fourth-order valence-electron chi connectivity index (χ4n) is 3.45. The Bertz CT molecular complexity index is 853. The Labute approximate surface area is 157 Å². The van der Waals surface area contributed by atoms with Gasteiger partial charge in [-0.2, -0.15) is 4.98 Å². The number of pyridine rings is 1. The van der Waals surface area contributed by atoms with Crippen molar-refractivity contribution in [2.45, 2.75) is 57.4 Å². The monoisotopic (exact) mass is 368 g/mol. The van der Waals surface area contributed by atoms with E-state index in [0.717, 1.165) is 31.2 Å². The van der Waals surface area contributed by atoms with Crippen molar-refractivity contribution in [1.82, 2.24) is 20.4 Å². The van der Waals surface area contributed by atoms with Crippen LogP contribution in [0.5, 0.6) is 5.75 Å². The van der Waals surface area contributed by atoms with Crippen molar-refractivity contribution in [2.75, 3.05) is 6.61 Å². The second-order valence-electron chi connectivity index (χ2n) is 8.07. The van der Waals surface area contributed by atoms with Crippen LogP contribution in [0, 0.1) is 18.8 Å². The zero-order chi connectivity index (χ0) is 18.4. The molecule has 2 aromatic rings. The van der Waals surface area contributed by atoms with E-state index in [1.807, 2.05) is 6.07 Å². The molecule has 0 aromatic carbocycles. The Balaban J connectivity index is 1.40. The van der Waals surface area contributed by atoms with Crippen LogP contribution in [0.25, 0.3) is 0 Å². The second-order valence-corrected chi connectivity index (χ2v) is 8.07. The van der Waals surface area contributed by atoms with Gasteiger partial charge in [0.05, 0.1) is 12.6 Å². The summed E-state index contributed by atoms with van der Waals surface area (Å²) in [4.78, 5) is 21.8. The number of rotatable bonds is 8. The van der Waals surface area contributed by atoms with E-state index < -0.39 is 0 Å². The van der Waals surface area contributed by atoms with E-state index in [9.17, 15) is 4.79 Å². The fourth-order valence-corrected chi connectivity index (χ4v) is 3.45. The van der Waals surface area contributed by atoms with Gasteiger partial charge in [-0.1, -0.05) is 5.16 Å². The molecule has 7 nitrogen and oxygen atoms in total. The van der Waals surface area contributed by atoms with Crippen LogP contribution in [0.4, 0.5) is 0 Å². The van der Waals surface area contributed by atoms with Crippen molar-refractivity contribution in [1.29, 1.82) is 0 Å². The molecule has 5 rings (SSSR count). The molecule has 0 saturated heterocycles. The lowest BCUT2D eigenvalue weighted by Crippen LogP contribution is -2.32. The first-order valence-corrected chi connectivity index (χ1v) is 9.92. The zero-order valence-electron chi connectivity index (χ0n) is 15.5. The van der Waals surface area contributed by atoms with Gasteiger partial charge in [0.15, 0.2) is 17.3 Å². The average Bonchev–Trinajstić information content (AvgIpc) is 3.54. The summed E-state index contributed by atoms with van der Waals surface area (Å²) < 4.78 is 11.2. The molecule has 3 aliphatic rings. The summed E-state index contributed by atoms with van der Waals surface area (Å²) in [6.45, 7) is 2.43. The molecule has 27 heavy (non-hydrogen) atoms. The van der Waals surface area contributed by atoms with Crippen molar-refractivity contribution in [3.8, 4) is 5.75 Å². The molecule has 0 aliphatic heterocycles. The number of nitrogens with zero attached hydrogens (tertiary/aromatic N) is 3. The summed E-state index contributed by atoms with van der Waals surface area (Å²) >= 11 is 0. The van der Waals surface area contributed by atoms with Gasteiger partial charge in [0.25, 0.3) is 5.91 Å². The molecule has 3 saturated carbocycles. The molecule has 0 spiro atoms. The SMILES string of the molecule is Cc1nc(C(NC(=O)c2nccc(C3CC3)c2OCC2CC2)C2CC2)no1. The lowest BCUT2D eigenvalue weighted by Gasteiger charge is -2.18. The van der Waals surface area contributed by atoms with Gasteiger partial charge in [-0.05, 0) is 62.3 Å². The second kappa shape index (κ2) is 6.62. The van der Waals surface area contributed by atoms with Gasteiger partial charge >= 0.3 is 0 Å². The summed E-state index contributed by atoms with van der Waals surface area (Å²) in [7, 11) is 0. The summed E-state index contributed by atoms with van der Waals surface area (Å²) in [5.41, 5.74) is 1.50. The number of aromatic nitrogens is 3. The number of aryl methyl sites for hydroxylation is 1. The molecule has 1 atom stereocenters. The number of carbonyl (C=O) groups is 1. The van der Waals surface area contributed by atoms with Gasteiger partial charge in [-0.15, -0.1) is 0 Å². The normalized spacial score (nSPS) is 20.3. The van der Waals surface area contributed by atoms with E-state index in [1.54, 1.807) is 13.1 Å². The van der Waals surface area contributed by atoms with Crippen molar-refractivity contribution in [3.63, 3.8) is 0 Å². The third-order valence-electron chi connectivity index (χ3n) is 5.53. The first-order valence-electron chi connectivity index (χ1n) is 9.92. The lowest BCUT2D eigenvalue weighted by molar-refractivity contribution is 0.0918. The van der Waals surface area contributed by atoms with Crippen LogP contribution in [-0.4, -0.2) is 27.6 Å². The Kier molecular flexibility index (Phi) is 4.10. The highest BCUT2D eigenvalue weighted by Crippen LogP contribution is 2.46. The summed E-state index contributed by atoms with van der Waals surface area (Å²) in [5, 5.41) is 7.11. The van der Waals surface area contributed by atoms with Crippen LogP contribution >= 0.6 is 0 Å². The predicted octanol–water partition coefficient (Wildman–Crippen LogP) is 3.32. The number of carbonyl (C=O) groups excluding carboxylic acids is 1. The Morgan fingerprint density at radius 1 is 1.30 bits per heavy atom. The number of amides is 1. The maximum absolute atomic E-state index is 13.1. The van der Waals surface area contributed by atoms with Gasteiger partial charge in [0.1, 0.15) is 0 Å². The van der Waals surface area contributed by atoms with E-state index in [2.05, 4.69) is 20.4 Å². The predicted molar refractivity (Wildman–Crippen MR) is 96.4 cm³/mol. The molecule has 3 fully saturated rings. The zero-order valence-corrected chi connectivity index (χ0v) is 15.5. The van der Waals surface area contributed by atoms with Crippen molar-refractivity contribution in [2.24, 2.45) is 11.8 Å². The summed E-state index contributed by atoms with van der Waals surface area (Å²) in [5.74, 6) is 2.97. The van der Waals surface area contributed by atoms with Crippen LogP contribution in [0.1, 0.15) is 78.3 Å². The molecule has 1 unspecified atom stereocenters. The van der Waals surface area contributed by atoms with Gasteiger partial charge < -0.3 is 14.6 Å². The van der Waals surface area contributed by atoms with Crippen LogP contribution in [-0.2, 0) is 0 Å². The standard InChI is InChI=1S/C20H24N4O3/c1-11-22-19(24-27-11)16(14-6-7-14)23-20(25)17-18(26-10-12-2-3-12)15(8-9-21-17)13-4-5-13/h8-9,12-14,16H,2-7,10H2,1H3,(H,23,25). The first-order chi connectivity index (χ1) is 13.2. The number of hydrogen-bond acceptors (Lipinski definition) is 6. The molecular weight excluding hydrogens is 344 g/mol. The summed E-state index contributed by atoms with van der Waals surface area (Å²) in [6.07, 6.45) is 8.55. The van der Waals surface area contributed by atoms with Crippen LogP contribution in [0.3, 0.4) is 0 Å². The largest absolute Gasteiger partial charge is 0.491 e. The number of hydrogen-bond donors (Lipinski definition) is 1. The number of ether oxygens (including phenoxy) is 1. The van der Waals surface area contributed by atoms with E-state index >= 15 is 0 Å². The highest BCUT2D eigenvalue weighted by molar-refractivity contribution is 5.95. The highest BCUT2D eigenvalue weighted by Gasteiger charge is 2.38. The minimum absolute atomic E-state index is 0.220. The molecule has 142 valence electrons. The minimum Gasteiger partial charge on any atom is -0.491 e. The minimum atomic E-state index is -0.238. The maximum Gasteiger partial charge on any atom is 0.274 e. The lowest BCUT2D eigenvalue weighted by atomic mass is 10.1. The van der Waals surface area contributed by atoms with Gasteiger partial charge in [-0.3, -0.25) is 4.79 Å². The molecule has 7 heteroatoms. The molecule has 0 bridgehead atoms. The van der Waals surface area contributed by atoms with E-state index in [-0.39, 0.29) is 11.9 Å². The van der Waals surface area contributed by atoms with Crippen LogP contribution in [0.15, 0.2) is 16.8 Å². The molecule has 2 heterocycles. The molecule has 3 aliphatic carbocycles. The van der Waals surface area contributed by atoms with Crippen LogP contribution in [0.2, 0.25) is 0 Å². The molecule has 1 N–H and O–H groups in total. The smallest absolute Gasteiger partial charge is 0.274 e. The molecule has 0 radical (unpaired) electrons. The van der Waals surface area contributed by atoms with Crippen molar-refractivity contribution in [3.05, 3.63) is 35.2 Å². The average molecular weight is 368 g/mol. The quantitative estimate of drug-likeness (QED) is 0.769. The third kappa shape index (κ3) is 3.68. The molecule has 2 aromatic heterocycles. The third-order valence-corrected chi connectivity index (χ3v) is 5.53. The fraction of sp³-hybridized carbons (Fsp3) is 0.600. The topological polar surface area (TPSA) is 90.1 Å². The van der Waals surface area contributed by atoms with Crippen molar-refractivity contribution < 1.29 is 14.1 Å². The van der Waals surface area contributed by atoms with Gasteiger partial charge in [0.2, 0.25) is 5.89 Å². The van der Waals surface area contributed by atoms with E-state index in [4.69, 9.17) is 9.26 Å². The molecule has 1 amide bonds. The van der Waals surface area contributed by atoms with E-state index in [1.165, 1.54) is 12.8 Å². The molecular formula is C20H24N4O3. The van der Waals surface area contributed by atoms with Crippen molar-refractivity contribution >= 4 is 5.91 Å². The van der Waals surface area contributed by atoms with E-state index in [0.29, 0.717) is 47.5 Å². The highest BCUT2D eigenvalue weighted by atomic mass is 16.5. The van der Waals surface area contributed by atoms with Gasteiger partial charge in [0, 0.05) is 18.7 Å². The Hall–Kier alpha value is -2.44. The Morgan fingerprint density at radius 2 is 2.11 bits per heavy atom. The van der Waals surface area contributed by atoms with Gasteiger partial charge in [-0.25, -0.2) is 4.98 Å². The first kappa shape index (κ1) is 16.7. The summed E-state index contributed by atoms with van der Waals surface area (Å²) in [6, 6.07) is 1.76. The number of nitrogens with one attached hydrogen (secondary N) is 1. The maximum atomic E-state index is 13.1.